The summed E-state index contributed by atoms with van der Waals surface area (Å²) in [7, 11) is 0. The highest BCUT2D eigenvalue weighted by atomic mass is 32.4. The van der Waals surface area contributed by atoms with E-state index in [0.29, 0.717) is 0 Å². The highest BCUT2D eigenvalue weighted by Crippen LogP contribution is 2.61. The molecule has 1 heterocycles. The smallest absolute Gasteiger partial charge is 0.0691 e. The fourth-order valence-electron chi connectivity index (χ4n) is 4.97. The summed E-state index contributed by atoms with van der Waals surface area (Å²) >= 11 is 6.77. The Labute approximate surface area is 198 Å². The Morgan fingerprint density at radius 1 is 0.938 bits per heavy atom. The zero-order valence-corrected chi connectivity index (χ0v) is 21.1. The van der Waals surface area contributed by atoms with Gasteiger partial charge in [-0.25, -0.2) is 0 Å². The van der Waals surface area contributed by atoms with Crippen molar-refractivity contribution in [3.63, 3.8) is 0 Å². The van der Waals surface area contributed by atoms with Crippen LogP contribution in [0.4, 0.5) is 0 Å². The molecule has 0 unspecified atom stereocenters. The Morgan fingerprint density at radius 2 is 1.56 bits per heavy atom. The van der Waals surface area contributed by atoms with E-state index in [1.54, 1.807) is 0 Å². The molecule has 0 amide bonds. The molecule has 1 saturated heterocycles. The highest BCUT2D eigenvalue weighted by molar-refractivity contribution is 8.19. The molecule has 0 radical (unpaired) electrons. The second-order valence-electron chi connectivity index (χ2n) is 8.38. The van der Waals surface area contributed by atoms with Crippen molar-refractivity contribution in [1.82, 2.24) is 9.57 Å². The van der Waals surface area contributed by atoms with Crippen LogP contribution in [-0.4, -0.2) is 49.0 Å². The number of rotatable bonds is 7. The summed E-state index contributed by atoms with van der Waals surface area (Å²) in [6.07, 6.45) is 3.65. The number of morpholine rings is 1. The van der Waals surface area contributed by atoms with Gasteiger partial charge in [-0.1, -0.05) is 86.3 Å². The van der Waals surface area contributed by atoms with Crippen LogP contribution in [0.1, 0.15) is 38.7 Å². The molecule has 2 aromatic rings. The highest BCUT2D eigenvalue weighted by Gasteiger charge is 2.36. The van der Waals surface area contributed by atoms with E-state index in [-0.39, 0.29) is 0 Å². The van der Waals surface area contributed by atoms with E-state index in [1.807, 2.05) is 0 Å². The third-order valence-corrected chi connectivity index (χ3v) is 12.0. The zero-order chi connectivity index (χ0) is 22.4. The second kappa shape index (κ2) is 10.9. The standard InChI is InChI=1S/C27H35N2OPS/c1-3-29(4-2)31(32,25-15-9-6-10-16-25)26-17-11-14-24(22-23-12-7-5-8-13-23)27(26)28-18-20-30-21-19-28/h5-10,12-13,15-16,22H,3-4,11,14,17-21H2,1-2H3/b24-22+/t31-/m1/s1. The lowest BCUT2D eigenvalue weighted by molar-refractivity contribution is 0.0540. The van der Waals surface area contributed by atoms with Gasteiger partial charge in [-0.05, 0) is 36.5 Å². The van der Waals surface area contributed by atoms with Crippen molar-refractivity contribution >= 4 is 29.4 Å². The van der Waals surface area contributed by atoms with Gasteiger partial charge in [0, 0.05) is 42.5 Å². The van der Waals surface area contributed by atoms with Crippen LogP contribution in [0.5, 0.6) is 0 Å². The minimum Gasteiger partial charge on any atom is -0.378 e. The maximum Gasteiger partial charge on any atom is 0.0691 e. The third kappa shape index (κ3) is 4.79. The average molecular weight is 467 g/mol. The normalized spacial score (nSPS) is 20.6. The van der Waals surface area contributed by atoms with Gasteiger partial charge < -0.3 is 9.64 Å². The molecule has 170 valence electrons. The Morgan fingerprint density at radius 3 is 2.19 bits per heavy atom. The number of allylic oxidation sites excluding steroid dienone is 2. The van der Waals surface area contributed by atoms with Gasteiger partial charge in [-0.15, -0.1) is 0 Å². The first kappa shape index (κ1) is 23.4. The molecule has 1 fully saturated rings. The quantitative estimate of drug-likeness (QED) is 0.475. The van der Waals surface area contributed by atoms with E-state index < -0.39 is 6.19 Å². The van der Waals surface area contributed by atoms with Crippen molar-refractivity contribution in [2.75, 3.05) is 39.4 Å². The number of hydrogen-bond donors (Lipinski definition) is 0. The average Bonchev–Trinajstić information content (AvgIpc) is 2.86. The second-order valence-corrected chi connectivity index (χ2v) is 12.7. The van der Waals surface area contributed by atoms with Gasteiger partial charge in [0.15, 0.2) is 0 Å². The maximum absolute atomic E-state index is 6.77. The summed E-state index contributed by atoms with van der Waals surface area (Å²) in [6.45, 7) is 9.91. The van der Waals surface area contributed by atoms with Gasteiger partial charge in [0.05, 0.1) is 19.4 Å². The molecule has 1 aliphatic carbocycles. The summed E-state index contributed by atoms with van der Waals surface area (Å²) in [5, 5.41) is 2.82. The van der Waals surface area contributed by atoms with Gasteiger partial charge in [0.25, 0.3) is 0 Å². The Hall–Kier alpha value is -1.71. The van der Waals surface area contributed by atoms with Crippen LogP contribution >= 0.6 is 6.19 Å². The molecule has 32 heavy (non-hydrogen) atoms. The van der Waals surface area contributed by atoms with E-state index in [4.69, 9.17) is 16.5 Å². The molecule has 0 spiro atoms. The zero-order valence-electron chi connectivity index (χ0n) is 19.4. The van der Waals surface area contributed by atoms with Crippen molar-refractivity contribution in [2.24, 2.45) is 0 Å². The Bertz CT molecular complexity index is 993. The minimum absolute atomic E-state index is 0.787. The van der Waals surface area contributed by atoms with Crippen molar-refractivity contribution in [1.29, 1.82) is 0 Å². The third-order valence-electron chi connectivity index (χ3n) is 6.51. The number of benzene rings is 2. The molecule has 5 heteroatoms. The molecular weight excluding hydrogens is 431 g/mol. The van der Waals surface area contributed by atoms with E-state index in [0.717, 1.165) is 58.7 Å². The lowest BCUT2D eigenvalue weighted by Crippen LogP contribution is -2.38. The van der Waals surface area contributed by atoms with E-state index in [1.165, 1.54) is 27.5 Å². The molecule has 1 atom stereocenters. The fraction of sp³-hybridized carbons (Fsp3) is 0.407. The van der Waals surface area contributed by atoms with E-state index in [9.17, 15) is 0 Å². The Kier molecular flexibility index (Phi) is 8.02. The van der Waals surface area contributed by atoms with Crippen LogP contribution in [0.25, 0.3) is 6.08 Å². The minimum atomic E-state index is -2.10. The fourth-order valence-corrected chi connectivity index (χ4v) is 9.95. The first-order valence-corrected chi connectivity index (χ1v) is 14.7. The molecular formula is C27H35N2OPS. The van der Waals surface area contributed by atoms with Crippen molar-refractivity contribution in [3.05, 3.63) is 82.8 Å². The number of hydrogen-bond acceptors (Lipinski definition) is 3. The van der Waals surface area contributed by atoms with Gasteiger partial charge in [0.1, 0.15) is 0 Å². The molecule has 1 aliphatic heterocycles. The summed E-state index contributed by atoms with van der Waals surface area (Å²) in [5.74, 6) is 0. The van der Waals surface area contributed by atoms with Crippen molar-refractivity contribution in [3.8, 4) is 0 Å². The van der Waals surface area contributed by atoms with Gasteiger partial charge in [0.2, 0.25) is 0 Å². The molecule has 0 N–H and O–H groups in total. The van der Waals surface area contributed by atoms with E-state index in [2.05, 4.69) is 90.2 Å². The van der Waals surface area contributed by atoms with Crippen molar-refractivity contribution < 1.29 is 4.74 Å². The predicted octanol–water partition coefficient (Wildman–Crippen LogP) is 5.86. The summed E-state index contributed by atoms with van der Waals surface area (Å²) in [5.41, 5.74) is 4.13. The SMILES string of the molecule is CCN(CC)[P@](=S)(C1=C(N2CCOCC2)/C(=C/c2ccccc2)CCC1)c1ccccc1. The first-order chi connectivity index (χ1) is 15.7. The van der Waals surface area contributed by atoms with E-state index >= 15 is 0 Å². The lowest BCUT2D eigenvalue weighted by atomic mass is 9.94. The van der Waals surface area contributed by atoms with Gasteiger partial charge in [-0.2, -0.15) is 0 Å². The first-order valence-electron chi connectivity index (χ1n) is 11.9. The summed E-state index contributed by atoms with van der Waals surface area (Å²) in [4.78, 5) is 2.57. The van der Waals surface area contributed by atoms with Crippen LogP contribution < -0.4 is 5.30 Å². The molecule has 0 bridgehead atoms. The Balaban J connectivity index is 1.94. The lowest BCUT2D eigenvalue weighted by Gasteiger charge is -2.43. The van der Waals surface area contributed by atoms with Gasteiger partial charge >= 0.3 is 0 Å². The summed E-state index contributed by atoms with van der Waals surface area (Å²) < 4.78 is 8.30. The van der Waals surface area contributed by atoms with Crippen LogP contribution in [0.2, 0.25) is 0 Å². The van der Waals surface area contributed by atoms with Crippen LogP contribution in [-0.2, 0) is 16.5 Å². The maximum atomic E-state index is 6.77. The number of ether oxygens (including phenoxy) is 1. The number of nitrogens with zero attached hydrogens (tertiary/aromatic N) is 2. The summed E-state index contributed by atoms with van der Waals surface area (Å²) in [6, 6.07) is 21.7. The van der Waals surface area contributed by atoms with Gasteiger partial charge in [-0.3, -0.25) is 4.67 Å². The van der Waals surface area contributed by atoms with Crippen molar-refractivity contribution in [2.45, 2.75) is 33.1 Å². The van der Waals surface area contributed by atoms with Crippen LogP contribution in [0, 0.1) is 0 Å². The molecule has 3 nitrogen and oxygen atoms in total. The van der Waals surface area contributed by atoms with Crippen LogP contribution in [0.15, 0.2) is 77.2 Å². The van der Waals surface area contributed by atoms with Crippen LogP contribution in [0.3, 0.4) is 0 Å². The predicted molar refractivity (Wildman–Crippen MR) is 141 cm³/mol. The largest absolute Gasteiger partial charge is 0.378 e. The molecule has 2 aromatic carbocycles. The topological polar surface area (TPSA) is 15.7 Å². The molecule has 4 rings (SSSR count). The molecule has 2 aliphatic rings. The molecule has 0 saturated carbocycles. The molecule has 0 aromatic heterocycles. The monoisotopic (exact) mass is 466 g/mol.